The smallest absolute Gasteiger partial charge is 0.123 e. The third-order valence-corrected chi connectivity index (χ3v) is 3.74. The normalized spacial score (nSPS) is 13.0. The minimum Gasteiger partial charge on any atom is -0.207 e. The maximum Gasteiger partial charge on any atom is 0.123 e. The van der Waals surface area contributed by atoms with Gasteiger partial charge in [0.25, 0.3) is 0 Å². The first kappa shape index (κ1) is 9.20. The Labute approximate surface area is 82.1 Å². The van der Waals surface area contributed by atoms with E-state index in [2.05, 4.69) is 31.9 Å². The van der Waals surface area contributed by atoms with Gasteiger partial charge in [0.1, 0.15) is 5.82 Å². The molecule has 0 fully saturated rings. The summed E-state index contributed by atoms with van der Waals surface area (Å²) in [6, 6.07) is 6.48. The molecule has 3 heteroatoms. The van der Waals surface area contributed by atoms with Crippen molar-refractivity contribution in [3.63, 3.8) is 0 Å². The highest BCUT2D eigenvalue weighted by molar-refractivity contribution is 9.12. The van der Waals surface area contributed by atoms with Crippen molar-refractivity contribution in [2.45, 2.75) is 4.83 Å². The number of benzene rings is 1. The lowest BCUT2D eigenvalue weighted by Gasteiger charge is -2.04. The molecule has 0 radical (unpaired) electrons. The molecule has 1 aromatic carbocycles. The van der Waals surface area contributed by atoms with Crippen LogP contribution in [-0.2, 0) is 0 Å². The standard InChI is InChI=1S/C8H7Br2F/c9-5-8(10)6-1-3-7(11)4-2-6/h1-4,8H,5H2/t8-/m0/s1. The van der Waals surface area contributed by atoms with Crippen LogP contribution in [0.25, 0.3) is 0 Å². The van der Waals surface area contributed by atoms with Crippen molar-refractivity contribution in [2.75, 3.05) is 5.33 Å². The first-order valence-electron chi connectivity index (χ1n) is 3.19. The largest absolute Gasteiger partial charge is 0.207 e. The van der Waals surface area contributed by atoms with Crippen LogP contribution in [0.5, 0.6) is 0 Å². The molecule has 0 aliphatic heterocycles. The third kappa shape index (κ3) is 2.56. The summed E-state index contributed by atoms with van der Waals surface area (Å²) in [7, 11) is 0. The SMILES string of the molecule is Fc1ccc([C@@H](Br)CBr)cc1. The molecule has 1 atom stereocenters. The highest BCUT2D eigenvalue weighted by Crippen LogP contribution is 2.24. The molecule has 1 aromatic rings. The van der Waals surface area contributed by atoms with Crippen LogP contribution in [0.15, 0.2) is 24.3 Å². The molecular formula is C8H7Br2F. The molecule has 60 valence electrons. The van der Waals surface area contributed by atoms with Gasteiger partial charge in [-0.15, -0.1) is 0 Å². The van der Waals surface area contributed by atoms with Gasteiger partial charge in [-0.2, -0.15) is 0 Å². The second-order valence-corrected chi connectivity index (χ2v) is 3.93. The molecular weight excluding hydrogens is 275 g/mol. The number of rotatable bonds is 2. The number of halogens is 3. The summed E-state index contributed by atoms with van der Waals surface area (Å²) >= 11 is 6.77. The number of hydrogen-bond donors (Lipinski definition) is 0. The Morgan fingerprint density at radius 2 is 1.82 bits per heavy atom. The van der Waals surface area contributed by atoms with Crippen LogP contribution >= 0.6 is 31.9 Å². The molecule has 0 saturated carbocycles. The minimum absolute atomic E-state index is 0.192. The Bertz CT molecular complexity index is 220. The highest BCUT2D eigenvalue weighted by Gasteiger charge is 2.03. The van der Waals surface area contributed by atoms with E-state index in [1.807, 2.05) is 0 Å². The lowest BCUT2D eigenvalue weighted by Crippen LogP contribution is -1.89. The van der Waals surface area contributed by atoms with Crippen molar-refractivity contribution in [1.29, 1.82) is 0 Å². The Kier molecular flexibility index (Phi) is 3.52. The molecule has 0 aliphatic rings. The molecule has 0 bridgehead atoms. The lowest BCUT2D eigenvalue weighted by molar-refractivity contribution is 0.627. The lowest BCUT2D eigenvalue weighted by atomic mass is 10.2. The molecule has 1 rings (SSSR count). The molecule has 0 unspecified atom stereocenters. The van der Waals surface area contributed by atoms with E-state index >= 15 is 0 Å². The van der Waals surface area contributed by atoms with Gasteiger partial charge in [-0.25, -0.2) is 4.39 Å². The maximum absolute atomic E-state index is 12.4. The van der Waals surface area contributed by atoms with Crippen molar-refractivity contribution in [1.82, 2.24) is 0 Å². The summed E-state index contributed by atoms with van der Waals surface area (Å²) in [4.78, 5) is 0.267. The van der Waals surface area contributed by atoms with E-state index in [0.29, 0.717) is 0 Å². The first-order chi connectivity index (χ1) is 5.24. The van der Waals surface area contributed by atoms with Gasteiger partial charge in [0.2, 0.25) is 0 Å². The summed E-state index contributed by atoms with van der Waals surface area (Å²) in [6.45, 7) is 0. The van der Waals surface area contributed by atoms with Crippen molar-refractivity contribution in [2.24, 2.45) is 0 Å². The minimum atomic E-state index is -0.192. The van der Waals surface area contributed by atoms with E-state index in [-0.39, 0.29) is 10.6 Å². The Hall–Kier alpha value is 0.110. The van der Waals surface area contributed by atoms with E-state index in [4.69, 9.17) is 0 Å². The topological polar surface area (TPSA) is 0 Å². The van der Waals surface area contributed by atoms with Gasteiger partial charge in [0.15, 0.2) is 0 Å². The zero-order valence-corrected chi connectivity index (χ0v) is 8.90. The fourth-order valence-electron chi connectivity index (χ4n) is 0.761. The van der Waals surface area contributed by atoms with Gasteiger partial charge in [0, 0.05) is 10.2 Å². The molecule has 11 heavy (non-hydrogen) atoms. The van der Waals surface area contributed by atoms with Crippen molar-refractivity contribution >= 4 is 31.9 Å². The maximum atomic E-state index is 12.4. The van der Waals surface area contributed by atoms with Crippen LogP contribution in [0.4, 0.5) is 4.39 Å². The van der Waals surface area contributed by atoms with Crippen LogP contribution in [0.2, 0.25) is 0 Å². The monoisotopic (exact) mass is 280 g/mol. The number of alkyl halides is 2. The van der Waals surface area contributed by atoms with Crippen molar-refractivity contribution < 1.29 is 4.39 Å². The van der Waals surface area contributed by atoms with Gasteiger partial charge in [-0.05, 0) is 17.7 Å². The van der Waals surface area contributed by atoms with E-state index in [1.165, 1.54) is 12.1 Å². The molecule has 0 amide bonds. The fourth-order valence-corrected chi connectivity index (χ4v) is 1.44. The molecule has 0 heterocycles. The molecule has 0 saturated heterocycles. The van der Waals surface area contributed by atoms with E-state index < -0.39 is 0 Å². The second kappa shape index (κ2) is 4.21. The Morgan fingerprint density at radius 1 is 1.27 bits per heavy atom. The Morgan fingerprint density at radius 3 is 2.27 bits per heavy atom. The van der Waals surface area contributed by atoms with E-state index in [9.17, 15) is 4.39 Å². The van der Waals surface area contributed by atoms with E-state index in [0.717, 1.165) is 10.9 Å². The van der Waals surface area contributed by atoms with Gasteiger partial charge >= 0.3 is 0 Å². The van der Waals surface area contributed by atoms with Gasteiger partial charge in [-0.3, -0.25) is 0 Å². The molecule has 0 spiro atoms. The average Bonchev–Trinajstić information content (AvgIpc) is 2.05. The molecule has 0 N–H and O–H groups in total. The molecule has 0 aliphatic carbocycles. The quantitative estimate of drug-likeness (QED) is 0.726. The van der Waals surface area contributed by atoms with Gasteiger partial charge in [0.05, 0.1) is 0 Å². The third-order valence-electron chi connectivity index (χ3n) is 1.37. The predicted molar refractivity (Wildman–Crippen MR) is 51.9 cm³/mol. The summed E-state index contributed by atoms with van der Waals surface area (Å²) in [5, 5.41) is 0.832. The summed E-state index contributed by atoms with van der Waals surface area (Å²) in [5.74, 6) is -0.192. The first-order valence-corrected chi connectivity index (χ1v) is 5.23. The van der Waals surface area contributed by atoms with E-state index in [1.54, 1.807) is 12.1 Å². The van der Waals surface area contributed by atoms with Crippen LogP contribution < -0.4 is 0 Å². The van der Waals surface area contributed by atoms with Gasteiger partial charge < -0.3 is 0 Å². The molecule has 0 nitrogen and oxygen atoms in total. The van der Waals surface area contributed by atoms with Crippen LogP contribution in [0, 0.1) is 5.82 Å². The van der Waals surface area contributed by atoms with Crippen molar-refractivity contribution in [3.8, 4) is 0 Å². The summed E-state index contributed by atoms with van der Waals surface area (Å²) in [6.07, 6.45) is 0. The zero-order chi connectivity index (χ0) is 8.27. The van der Waals surface area contributed by atoms with Crippen LogP contribution in [0.3, 0.4) is 0 Å². The summed E-state index contributed by atoms with van der Waals surface area (Å²) in [5.41, 5.74) is 1.09. The van der Waals surface area contributed by atoms with Crippen LogP contribution in [0.1, 0.15) is 10.4 Å². The predicted octanol–water partition coefficient (Wildman–Crippen LogP) is 3.66. The second-order valence-electron chi connectivity index (χ2n) is 2.17. The molecule has 0 aromatic heterocycles. The Balaban J connectivity index is 2.81. The van der Waals surface area contributed by atoms with Crippen molar-refractivity contribution in [3.05, 3.63) is 35.6 Å². The fraction of sp³-hybridized carbons (Fsp3) is 0.250. The van der Waals surface area contributed by atoms with Crippen LogP contribution in [-0.4, -0.2) is 5.33 Å². The highest BCUT2D eigenvalue weighted by atomic mass is 79.9. The average molecular weight is 282 g/mol. The van der Waals surface area contributed by atoms with Gasteiger partial charge in [-0.1, -0.05) is 44.0 Å². The summed E-state index contributed by atoms with van der Waals surface area (Å²) < 4.78 is 12.4. The zero-order valence-electron chi connectivity index (χ0n) is 5.73. The number of hydrogen-bond acceptors (Lipinski definition) is 0.